The molecule has 4 fully saturated rings. The maximum Gasteiger partial charge on any atom is 0.270 e. The van der Waals surface area contributed by atoms with Crippen molar-refractivity contribution in [2.75, 3.05) is 29.9 Å². The Balaban J connectivity index is 1.18. The molecule has 2 aromatic heterocycles. The van der Waals surface area contributed by atoms with Gasteiger partial charge >= 0.3 is 0 Å². The molecule has 9 nitrogen and oxygen atoms in total. The van der Waals surface area contributed by atoms with Crippen LogP contribution in [0.5, 0.6) is 0 Å². The molecule has 38 heavy (non-hydrogen) atoms. The van der Waals surface area contributed by atoms with Crippen molar-refractivity contribution in [1.82, 2.24) is 20.1 Å². The molecule has 9 heteroatoms. The lowest BCUT2D eigenvalue weighted by molar-refractivity contribution is -0.121. The van der Waals surface area contributed by atoms with Crippen molar-refractivity contribution in [2.45, 2.75) is 76.4 Å². The predicted octanol–water partition coefficient (Wildman–Crippen LogP) is 3.92. The van der Waals surface area contributed by atoms with Crippen molar-refractivity contribution in [3.63, 3.8) is 0 Å². The van der Waals surface area contributed by atoms with Crippen molar-refractivity contribution >= 4 is 23.3 Å². The number of carbonyl (C=O) groups is 2. The van der Waals surface area contributed by atoms with Crippen LogP contribution in [0.2, 0.25) is 0 Å². The standard InChI is InChI=1S/C29H40N6O3/c1-28(13-14-28)24(20-6-5-7-20)25(33-26(36)22-10-15-31-34(22)2)27(37)32-21-8-9-23(30-18-21)35-16-17-38-29(19-35)11-3-4-12-29/h8-10,15,18,20,24-25H,3-7,11-14,16-17,19H2,1-2H3,(H,32,37)(H,33,36)/t24?,25-/m0/s1. The first-order valence-corrected chi connectivity index (χ1v) is 14.3. The summed E-state index contributed by atoms with van der Waals surface area (Å²) in [6.45, 7) is 4.68. The highest BCUT2D eigenvalue weighted by Gasteiger charge is 2.54. The summed E-state index contributed by atoms with van der Waals surface area (Å²) in [4.78, 5) is 34.0. The van der Waals surface area contributed by atoms with Crippen molar-refractivity contribution in [3.8, 4) is 0 Å². The quantitative estimate of drug-likeness (QED) is 0.547. The van der Waals surface area contributed by atoms with Gasteiger partial charge in [-0.05, 0) is 61.1 Å². The van der Waals surface area contributed by atoms with E-state index >= 15 is 0 Å². The van der Waals surface area contributed by atoms with Gasteiger partial charge in [-0.1, -0.05) is 39.0 Å². The van der Waals surface area contributed by atoms with E-state index in [9.17, 15) is 9.59 Å². The molecule has 3 heterocycles. The number of morpholine rings is 1. The number of aromatic nitrogens is 3. The maximum atomic E-state index is 13.8. The number of aryl methyl sites for hydroxylation is 1. The SMILES string of the molecule is Cn1nccc1C(=O)N[C@H](C(=O)Nc1ccc(N2CCOC3(CCCC3)C2)nc1)C(C1CCC1)C1(C)CC1. The molecular weight excluding hydrogens is 480 g/mol. The number of hydrogen-bond donors (Lipinski definition) is 2. The Morgan fingerprint density at radius 1 is 1.11 bits per heavy atom. The Labute approximate surface area is 224 Å². The van der Waals surface area contributed by atoms with Crippen molar-refractivity contribution in [3.05, 3.63) is 36.3 Å². The fraction of sp³-hybridized carbons (Fsp3) is 0.655. The van der Waals surface area contributed by atoms with E-state index in [0.29, 0.717) is 17.3 Å². The minimum atomic E-state index is -0.614. The number of nitrogens with zero attached hydrogens (tertiary/aromatic N) is 4. The fourth-order valence-corrected chi connectivity index (χ4v) is 6.93. The van der Waals surface area contributed by atoms with Gasteiger partial charge in [0.25, 0.3) is 5.91 Å². The minimum absolute atomic E-state index is 0.0262. The van der Waals surface area contributed by atoms with E-state index in [0.717, 1.165) is 64.0 Å². The first-order valence-electron chi connectivity index (χ1n) is 14.3. The van der Waals surface area contributed by atoms with Crippen LogP contribution >= 0.6 is 0 Å². The second-order valence-corrected chi connectivity index (χ2v) is 12.2. The van der Waals surface area contributed by atoms with Crippen LogP contribution < -0.4 is 15.5 Å². The molecule has 204 valence electrons. The van der Waals surface area contributed by atoms with E-state index in [-0.39, 0.29) is 28.7 Å². The van der Waals surface area contributed by atoms with Gasteiger partial charge in [-0.25, -0.2) is 4.98 Å². The van der Waals surface area contributed by atoms with E-state index in [1.54, 1.807) is 30.2 Å². The lowest BCUT2D eigenvalue weighted by atomic mass is 9.66. The minimum Gasteiger partial charge on any atom is -0.371 e. The smallest absolute Gasteiger partial charge is 0.270 e. The molecular formula is C29H40N6O3. The number of anilines is 2. The zero-order valence-corrected chi connectivity index (χ0v) is 22.6. The van der Waals surface area contributed by atoms with Crippen LogP contribution in [0.3, 0.4) is 0 Å². The largest absolute Gasteiger partial charge is 0.371 e. The third-order valence-corrected chi connectivity index (χ3v) is 9.59. The summed E-state index contributed by atoms with van der Waals surface area (Å²) >= 11 is 0. The maximum absolute atomic E-state index is 13.8. The molecule has 1 saturated heterocycles. The van der Waals surface area contributed by atoms with E-state index in [4.69, 9.17) is 9.72 Å². The molecule has 1 unspecified atom stereocenters. The molecule has 2 atom stereocenters. The normalized spacial score (nSPS) is 23.5. The highest BCUT2D eigenvalue weighted by molar-refractivity contribution is 6.00. The average Bonchev–Trinajstić information content (AvgIpc) is 3.24. The molecule has 0 radical (unpaired) electrons. The molecule has 6 rings (SSSR count). The van der Waals surface area contributed by atoms with Gasteiger partial charge in [-0.15, -0.1) is 0 Å². The zero-order valence-electron chi connectivity index (χ0n) is 22.6. The molecule has 2 amide bonds. The first kappa shape index (κ1) is 25.3. The summed E-state index contributed by atoms with van der Waals surface area (Å²) in [6, 6.07) is 4.98. The molecule has 1 aliphatic heterocycles. The molecule has 0 aromatic carbocycles. The van der Waals surface area contributed by atoms with Crippen LogP contribution in [0, 0.1) is 17.3 Å². The predicted molar refractivity (Wildman–Crippen MR) is 145 cm³/mol. The molecule has 4 aliphatic rings. The molecule has 2 N–H and O–H groups in total. The van der Waals surface area contributed by atoms with Gasteiger partial charge in [0.1, 0.15) is 17.6 Å². The summed E-state index contributed by atoms with van der Waals surface area (Å²) in [6.07, 6.45) is 13.6. The van der Waals surface area contributed by atoms with Crippen LogP contribution in [0.25, 0.3) is 0 Å². The Bertz CT molecular complexity index is 1160. The Morgan fingerprint density at radius 2 is 1.89 bits per heavy atom. The van der Waals surface area contributed by atoms with Crippen LogP contribution in [0.4, 0.5) is 11.5 Å². The highest BCUT2D eigenvalue weighted by atomic mass is 16.5. The van der Waals surface area contributed by atoms with Gasteiger partial charge in [-0.3, -0.25) is 14.3 Å². The van der Waals surface area contributed by atoms with E-state index < -0.39 is 6.04 Å². The lowest BCUT2D eigenvalue weighted by Crippen LogP contribution is -2.54. The third-order valence-electron chi connectivity index (χ3n) is 9.59. The number of hydrogen-bond acceptors (Lipinski definition) is 6. The summed E-state index contributed by atoms with van der Waals surface area (Å²) in [5, 5.41) is 10.3. The van der Waals surface area contributed by atoms with E-state index in [2.05, 4.69) is 27.6 Å². The number of amides is 2. The molecule has 2 aromatic rings. The second-order valence-electron chi connectivity index (χ2n) is 12.2. The lowest BCUT2D eigenvalue weighted by Gasteiger charge is -2.42. The average molecular weight is 521 g/mol. The molecule has 1 spiro atoms. The molecule has 0 bridgehead atoms. The van der Waals surface area contributed by atoms with E-state index in [1.807, 2.05) is 12.1 Å². The van der Waals surface area contributed by atoms with Gasteiger partial charge < -0.3 is 20.3 Å². The Hall–Kier alpha value is -2.94. The summed E-state index contributed by atoms with van der Waals surface area (Å²) in [5.74, 6) is 1.04. The Morgan fingerprint density at radius 3 is 2.50 bits per heavy atom. The molecule has 3 saturated carbocycles. The highest BCUT2D eigenvalue weighted by Crippen LogP contribution is 2.58. The third kappa shape index (κ3) is 4.93. The summed E-state index contributed by atoms with van der Waals surface area (Å²) < 4.78 is 7.72. The van der Waals surface area contributed by atoms with Crippen LogP contribution in [0.1, 0.15) is 75.2 Å². The Kier molecular flexibility index (Phi) is 6.66. The van der Waals surface area contributed by atoms with Crippen molar-refractivity contribution in [1.29, 1.82) is 0 Å². The number of rotatable bonds is 8. The van der Waals surface area contributed by atoms with Gasteiger partial charge in [0.2, 0.25) is 5.91 Å². The summed E-state index contributed by atoms with van der Waals surface area (Å²) in [7, 11) is 1.74. The number of pyridine rings is 1. The van der Waals surface area contributed by atoms with Crippen LogP contribution in [0.15, 0.2) is 30.6 Å². The number of nitrogens with one attached hydrogen (secondary N) is 2. The second kappa shape index (κ2) is 9.98. The van der Waals surface area contributed by atoms with Gasteiger partial charge in [0, 0.05) is 26.3 Å². The first-order chi connectivity index (χ1) is 18.4. The summed E-state index contributed by atoms with van der Waals surface area (Å²) in [5.41, 5.74) is 1.16. The van der Waals surface area contributed by atoms with Crippen molar-refractivity contribution < 1.29 is 14.3 Å². The zero-order chi connectivity index (χ0) is 26.3. The monoisotopic (exact) mass is 520 g/mol. The van der Waals surface area contributed by atoms with Crippen LogP contribution in [-0.4, -0.2) is 57.9 Å². The molecule has 3 aliphatic carbocycles. The van der Waals surface area contributed by atoms with Gasteiger partial charge in [-0.2, -0.15) is 5.10 Å². The van der Waals surface area contributed by atoms with Gasteiger partial charge in [0.05, 0.1) is 24.1 Å². The van der Waals surface area contributed by atoms with Crippen LogP contribution in [-0.2, 0) is 16.6 Å². The van der Waals surface area contributed by atoms with Crippen molar-refractivity contribution in [2.24, 2.45) is 24.3 Å². The number of carbonyl (C=O) groups excluding carboxylic acids is 2. The topological polar surface area (TPSA) is 101 Å². The van der Waals surface area contributed by atoms with E-state index in [1.165, 1.54) is 19.3 Å². The van der Waals surface area contributed by atoms with Gasteiger partial charge in [0.15, 0.2) is 0 Å². The fourth-order valence-electron chi connectivity index (χ4n) is 6.93. The number of ether oxygens (including phenoxy) is 1.